The Morgan fingerprint density at radius 1 is 0.379 bits per heavy atom. The number of benzene rings is 4. The van der Waals surface area contributed by atoms with Crippen LogP contribution in [-0.4, -0.2) is 105 Å². The predicted molar refractivity (Wildman–Crippen MR) is 427 cm³/mol. The van der Waals surface area contributed by atoms with Crippen molar-refractivity contribution in [3.63, 3.8) is 0 Å². The minimum atomic E-state index is -4.56. The second-order valence-corrected chi connectivity index (χ2v) is 35.0. The molecule has 4 N–H and O–H groups in total. The molecule has 0 fully saturated rings. The summed E-state index contributed by atoms with van der Waals surface area (Å²) in [4.78, 5) is 49.9. The number of carbonyl (C=O) groups excluding carboxylic acids is 4. The van der Waals surface area contributed by atoms with Gasteiger partial charge in [-0.1, -0.05) is 67.0 Å². The number of Topliss-reactive ketones (excluding diaryl/α,β-unsaturated/α-hetero) is 4. The average Bonchev–Trinajstić information content (AvgIpc) is 1.48. The van der Waals surface area contributed by atoms with E-state index in [9.17, 15) is 52.8 Å². The molecule has 4 aliphatic heterocycles. The van der Waals surface area contributed by atoms with E-state index in [4.69, 9.17) is 138 Å². The standard InChI is InChI=1S/4C18H15ClN2O6S2/c4*1-9-5-13-14(26-8-25-13)7-11(9)6-12(22)17-15(3-4-28-17)29(23,24)21-18-16(19)10(2)20-27-18/h4*3-5,7,21H,6,8H2,1-2H3/i2D3,5D,7D,8D2;2D3,5D,7D,8D;1D3,2D3,5D,7D;2D3,5D,7D. The monoisotopic (exact) mass is 1840 g/mol. The van der Waals surface area contributed by atoms with E-state index >= 15 is 0 Å². The van der Waals surface area contributed by atoms with E-state index in [0.29, 0.717) is 5.56 Å². The van der Waals surface area contributed by atoms with Gasteiger partial charge >= 0.3 is 0 Å². The van der Waals surface area contributed by atoms with E-state index in [-0.39, 0.29) is 160 Å². The predicted octanol–water partition coefficient (Wildman–Crippen LogP) is 15.8. The Morgan fingerprint density at radius 3 is 0.897 bits per heavy atom. The van der Waals surface area contributed by atoms with E-state index in [2.05, 4.69) is 20.6 Å². The third-order valence-electron chi connectivity index (χ3n) is 15.6. The van der Waals surface area contributed by atoms with Crippen LogP contribution in [0.15, 0.2) is 132 Å². The van der Waals surface area contributed by atoms with Crippen molar-refractivity contribution in [3.05, 3.63) is 201 Å². The molecule has 116 heavy (non-hydrogen) atoms. The molecule has 0 saturated carbocycles. The van der Waals surface area contributed by atoms with Gasteiger partial charge in [0.05, 0.1) is 30.5 Å². The molecule has 0 spiro atoms. The van der Waals surface area contributed by atoms with Crippen LogP contribution in [0.2, 0.25) is 20.1 Å². The lowest BCUT2D eigenvalue weighted by molar-refractivity contribution is 0.0985. The van der Waals surface area contributed by atoms with Gasteiger partial charge in [-0.25, -0.2) is 52.6 Å². The summed E-state index contributed by atoms with van der Waals surface area (Å²) in [5.41, 5.74) is -2.31. The van der Waals surface area contributed by atoms with E-state index < -0.39 is 229 Å². The van der Waals surface area contributed by atoms with Crippen LogP contribution in [0.1, 0.15) is 142 Å². The van der Waals surface area contributed by atoms with Gasteiger partial charge in [0.2, 0.25) is 27.1 Å². The highest BCUT2D eigenvalue weighted by atomic mass is 35.5. The summed E-state index contributed by atoms with van der Waals surface area (Å²) >= 11 is 26.9. The number of aryl methyl sites for hydroxylation is 4. The molecule has 32 nitrogen and oxygen atoms in total. The van der Waals surface area contributed by atoms with Gasteiger partial charge in [0, 0.05) is 46.2 Å². The van der Waals surface area contributed by atoms with Gasteiger partial charge in [-0.3, -0.25) is 19.2 Å². The first-order valence-electron chi connectivity index (χ1n) is 44.6. The number of aromatic nitrogens is 4. The minimum absolute atomic E-state index is 0.0167. The zero-order chi connectivity index (χ0) is 105. The number of anilines is 4. The van der Waals surface area contributed by atoms with E-state index in [0.717, 1.165) is 57.5 Å². The van der Waals surface area contributed by atoms with Crippen molar-refractivity contribution in [3.8, 4) is 46.0 Å². The summed E-state index contributed by atoms with van der Waals surface area (Å²) in [5.74, 6) is -6.40. The Balaban J connectivity index is 0.000000159. The topological polar surface area (TPSA) is 431 Å². The van der Waals surface area contributed by atoms with Crippen LogP contribution in [0.25, 0.3) is 0 Å². The van der Waals surface area contributed by atoms with E-state index in [1.165, 1.54) is 47.5 Å². The van der Waals surface area contributed by atoms with Gasteiger partial charge in [0.15, 0.2) is 69.1 Å². The van der Waals surface area contributed by atoms with Crippen molar-refractivity contribution in [2.45, 2.75) is 100 Å². The van der Waals surface area contributed by atoms with Crippen LogP contribution in [0.5, 0.6) is 46.0 Å². The number of sulfonamides is 4. The molecule has 16 rings (SSSR count). The molecule has 608 valence electrons. The van der Waals surface area contributed by atoms with Crippen molar-refractivity contribution in [2.75, 3.05) is 46.0 Å². The molecule has 0 amide bonds. The molecule has 4 aliphatic rings. The fourth-order valence-electron chi connectivity index (χ4n) is 10.1. The van der Waals surface area contributed by atoms with Crippen molar-refractivity contribution >= 4 is 179 Å². The number of rotatable bonds is 24. The highest BCUT2D eigenvalue weighted by Crippen LogP contribution is 2.42. The Bertz CT molecular complexity index is 7650. The molecular weight excluding hydrogens is 1760 g/mol. The molecule has 0 saturated heterocycles. The molecule has 1 atom stereocenters. The second kappa shape index (κ2) is 34.1. The zero-order valence-electron chi connectivity index (χ0n) is 83.8. The van der Waals surface area contributed by atoms with Crippen LogP contribution >= 0.6 is 91.8 Å². The molecule has 0 radical (unpaired) electrons. The normalized spacial score (nSPS) is 17.8. The third kappa shape index (κ3) is 18.1. The number of ether oxygens (including phenoxy) is 8. The quantitative estimate of drug-likeness (QED) is 0.0408. The Morgan fingerprint density at radius 2 is 0.621 bits per heavy atom. The van der Waals surface area contributed by atoms with Crippen LogP contribution in [0, 0.1) is 55.0 Å². The molecule has 0 aliphatic carbocycles. The SMILES string of the molecule is [2H]c1c(C)c(CC(=O)c2sccc2S(=O)(=O)Nc2onc(C([2H])([2H])[2H])c2Cl)c([2H])c2c1OC([2H])([2H])O2.[2H]c1c(C)c(CC(=O)c2sccc2S(=O)(=O)Nc2onc(C([2H])([2H])[2H])c2Cl)c([2H])c2c1OC([2H])O2.[2H]c1c(C)c(CC(=O)c2sccc2S(=O)(=O)Nc2onc(C([2H])([2H])[2H])c2Cl)c([2H])c2c1OCO2.[2H]c1c(CC(=O)c2sccc2S(=O)(=O)Nc2onc(C([2H])([2H])[2H])c2Cl)c(C([2H])([2H])[2H])c([2H])c2c1OCO2. The van der Waals surface area contributed by atoms with Gasteiger partial charge in [0.25, 0.3) is 63.6 Å². The first-order valence-corrected chi connectivity index (χ1v) is 42.4. The van der Waals surface area contributed by atoms with E-state index in [1.807, 2.05) is 18.9 Å². The highest BCUT2D eigenvalue weighted by Gasteiger charge is 2.34. The minimum Gasteiger partial charge on any atom is -0.454 e. The van der Waals surface area contributed by atoms with Gasteiger partial charge in [-0.2, -0.15) is 0 Å². The van der Waals surface area contributed by atoms with Crippen molar-refractivity contribution in [2.24, 2.45) is 0 Å². The van der Waals surface area contributed by atoms with Crippen LogP contribution in [0.4, 0.5) is 23.5 Å². The van der Waals surface area contributed by atoms with Crippen molar-refractivity contribution in [1.29, 1.82) is 0 Å². The number of ketones is 4. The fourth-order valence-corrected chi connectivity index (χ4v) is 20.3. The smallest absolute Gasteiger partial charge is 0.265 e. The lowest BCUT2D eigenvalue weighted by atomic mass is 10.0. The number of carbonyl (C=O) groups is 4. The first-order chi connectivity index (χ1) is 65.6. The first kappa shape index (κ1) is 56.2. The van der Waals surface area contributed by atoms with Gasteiger partial charge in [-0.15, -0.1) is 45.3 Å². The zero-order valence-corrected chi connectivity index (χ0v) is 67.4. The summed E-state index contributed by atoms with van der Waals surface area (Å²) in [6.07, 6.45) is -2.01. The maximum atomic E-state index is 13.2. The molecule has 12 heterocycles. The molecule has 44 heteroatoms. The summed E-state index contributed by atoms with van der Waals surface area (Å²) in [7, 11) is -17.9. The van der Waals surface area contributed by atoms with Crippen molar-refractivity contribution < 1.29 is 144 Å². The lowest BCUT2D eigenvalue weighted by Crippen LogP contribution is -2.16. The number of fused-ring (bicyclic) bond motifs is 4. The Kier molecular flexibility index (Phi) is 16.5. The number of halogens is 4. The number of nitrogens with one attached hydrogen (secondary N) is 4. The average molecular weight is 1850 g/mol. The van der Waals surface area contributed by atoms with Crippen LogP contribution < -0.4 is 56.8 Å². The molecular formula is C72H60Cl4N8O24S8. The molecule has 1 unspecified atom stereocenters. The maximum absolute atomic E-state index is 13.2. The largest absolute Gasteiger partial charge is 0.454 e. The fraction of sp³-hybridized carbons (Fsp3) is 0.222. The summed E-state index contributed by atoms with van der Waals surface area (Å²) in [6, 6.07) is 2.45. The number of nitrogens with zero attached hydrogens (tertiary/aromatic N) is 4. The number of hydrogen-bond donors (Lipinski definition) is 4. The van der Waals surface area contributed by atoms with Gasteiger partial charge in [0.1, 0.15) is 66.6 Å². The molecule has 0 bridgehead atoms. The summed E-state index contributed by atoms with van der Waals surface area (Å²) in [5, 5.41) is 16.3. The summed E-state index contributed by atoms with van der Waals surface area (Å²) < 4.78 is 372. The maximum Gasteiger partial charge on any atom is 0.265 e. The molecule has 12 aromatic rings. The summed E-state index contributed by atoms with van der Waals surface area (Å²) in [6.45, 7) is -13.8. The molecule has 8 aromatic heterocycles. The van der Waals surface area contributed by atoms with Crippen LogP contribution in [0.3, 0.4) is 0 Å². The lowest BCUT2D eigenvalue weighted by Gasteiger charge is -2.09. The molecule has 4 aromatic carbocycles. The number of hydrogen-bond acceptors (Lipinski definition) is 32. The van der Waals surface area contributed by atoms with Gasteiger partial charge < -0.3 is 56.0 Å². The Labute approximate surface area is 732 Å². The highest BCUT2D eigenvalue weighted by molar-refractivity contribution is 7.94. The van der Waals surface area contributed by atoms with Crippen molar-refractivity contribution in [1.82, 2.24) is 20.6 Å². The Hall–Kier alpha value is -10.2. The van der Waals surface area contributed by atoms with E-state index in [1.54, 1.807) is 6.92 Å². The number of thiophene rings is 4. The third-order valence-corrected chi connectivity index (χ3v) is 26.8. The second-order valence-electron chi connectivity index (χ2n) is 23.2. The van der Waals surface area contributed by atoms with Gasteiger partial charge in [-0.05, 0) is 194 Å². The van der Waals surface area contributed by atoms with Crippen LogP contribution in [-0.2, 0) is 65.8 Å².